The van der Waals surface area contributed by atoms with Crippen LogP contribution in [0.25, 0.3) is 22.8 Å². The third kappa shape index (κ3) is 5.45. The minimum absolute atomic E-state index is 0.0705. The molecule has 0 unspecified atom stereocenters. The van der Waals surface area contributed by atoms with E-state index in [0.29, 0.717) is 21.7 Å². The van der Waals surface area contributed by atoms with E-state index in [4.69, 9.17) is 23.2 Å². The lowest BCUT2D eigenvalue weighted by molar-refractivity contribution is -0.210. The first-order valence-electron chi connectivity index (χ1n) is 9.93. The van der Waals surface area contributed by atoms with Gasteiger partial charge in [-0.05, 0) is 68.7 Å². The number of ketones is 1. The smallest absolute Gasteiger partial charge is 0.299 e. The third-order valence-corrected chi connectivity index (χ3v) is 6.15. The number of nitrogens with zero attached hydrogens (tertiary/aromatic N) is 2. The molecule has 3 rings (SSSR count). The van der Waals surface area contributed by atoms with Crippen molar-refractivity contribution in [1.82, 2.24) is 15.0 Å². The molecule has 0 amide bonds. The maximum atomic E-state index is 13.1. The number of carbonyl (C=O) groups excluding carboxylic acids is 1. The highest BCUT2D eigenvalue weighted by Gasteiger charge is 2.51. The molecule has 0 fully saturated rings. The van der Waals surface area contributed by atoms with Gasteiger partial charge in [-0.25, -0.2) is 9.78 Å². The molecule has 33 heavy (non-hydrogen) atoms. The van der Waals surface area contributed by atoms with Crippen LogP contribution in [0.1, 0.15) is 31.4 Å². The summed E-state index contributed by atoms with van der Waals surface area (Å²) in [6.07, 6.45) is -4.86. The lowest BCUT2D eigenvalue weighted by Gasteiger charge is -2.26. The standard InChI is InChI=1S/C23H20Cl2F3N3O2/c1-12-10-14(6-8-16(12)24)19-29-20(31-21(33)30-19)15-11-13(4-7-17(15)25)5-9-18(32)22(2,3)23(26,27)28/h4,6-8,10-11H,5,9H2,1-3H3,(H,29,30,31,33). The zero-order valence-electron chi connectivity index (χ0n) is 18.0. The average Bonchev–Trinajstić information content (AvgIpc) is 2.73. The fourth-order valence-electron chi connectivity index (χ4n) is 3.06. The van der Waals surface area contributed by atoms with Gasteiger partial charge in [0.05, 0.1) is 5.02 Å². The molecule has 1 aromatic heterocycles. The van der Waals surface area contributed by atoms with Crippen molar-refractivity contribution in [2.75, 3.05) is 0 Å². The summed E-state index contributed by atoms with van der Waals surface area (Å²) in [4.78, 5) is 35.2. The van der Waals surface area contributed by atoms with Crippen LogP contribution < -0.4 is 5.69 Å². The van der Waals surface area contributed by atoms with Crippen LogP contribution in [0.15, 0.2) is 41.2 Å². The maximum absolute atomic E-state index is 13.1. The summed E-state index contributed by atoms with van der Waals surface area (Å²) in [6, 6.07) is 9.84. The van der Waals surface area contributed by atoms with Crippen molar-refractivity contribution in [3.8, 4) is 22.8 Å². The van der Waals surface area contributed by atoms with Gasteiger partial charge in [-0.3, -0.25) is 9.78 Å². The Hall–Kier alpha value is -2.71. The fourth-order valence-corrected chi connectivity index (χ4v) is 3.39. The summed E-state index contributed by atoms with van der Waals surface area (Å²) < 4.78 is 39.4. The first kappa shape index (κ1) is 24.9. The van der Waals surface area contributed by atoms with Gasteiger partial charge in [0.25, 0.3) is 0 Å². The molecule has 0 radical (unpaired) electrons. The Morgan fingerprint density at radius 3 is 2.33 bits per heavy atom. The van der Waals surface area contributed by atoms with E-state index in [9.17, 15) is 22.8 Å². The minimum Gasteiger partial charge on any atom is -0.299 e. The van der Waals surface area contributed by atoms with E-state index in [2.05, 4.69) is 15.0 Å². The Kier molecular flexibility index (Phi) is 7.00. The number of Topliss-reactive ketones (excluding diaryl/α,β-unsaturated/α-hetero) is 1. The van der Waals surface area contributed by atoms with Gasteiger partial charge in [-0.1, -0.05) is 29.3 Å². The molecular formula is C23H20Cl2F3N3O2. The Balaban J connectivity index is 1.92. The van der Waals surface area contributed by atoms with Crippen LogP contribution >= 0.6 is 23.2 Å². The number of halogens is 5. The second kappa shape index (κ2) is 9.27. The van der Waals surface area contributed by atoms with Crippen LogP contribution in [0.3, 0.4) is 0 Å². The molecule has 0 atom stereocenters. The first-order valence-corrected chi connectivity index (χ1v) is 10.7. The molecule has 0 aliphatic heterocycles. The van der Waals surface area contributed by atoms with Crippen molar-refractivity contribution >= 4 is 29.0 Å². The summed E-state index contributed by atoms with van der Waals surface area (Å²) in [5.41, 5.74) is -0.785. The summed E-state index contributed by atoms with van der Waals surface area (Å²) in [7, 11) is 0. The van der Waals surface area contributed by atoms with Crippen LogP contribution in [0, 0.1) is 12.3 Å². The molecular weight excluding hydrogens is 478 g/mol. The van der Waals surface area contributed by atoms with E-state index in [1.54, 1.807) is 30.3 Å². The van der Waals surface area contributed by atoms with Crippen molar-refractivity contribution in [3.05, 3.63) is 68.1 Å². The summed E-state index contributed by atoms with van der Waals surface area (Å²) in [5, 5.41) is 0.830. The topological polar surface area (TPSA) is 75.7 Å². The van der Waals surface area contributed by atoms with Gasteiger partial charge < -0.3 is 0 Å². The van der Waals surface area contributed by atoms with Crippen molar-refractivity contribution in [2.45, 2.75) is 39.8 Å². The number of aromatic amines is 1. The highest BCUT2D eigenvalue weighted by atomic mass is 35.5. The van der Waals surface area contributed by atoms with Crippen molar-refractivity contribution in [3.63, 3.8) is 0 Å². The summed E-state index contributed by atoms with van der Waals surface area (Å²) in [5.74, 6) is -0.606. The van der Waals surface area contributed by atoms with Gasteiger partial charge in [0.2, 0.25) is 0 Å². The van der Waals surface area contributed by atoms with Gasteiger partial charge >= 0.3 is 11.9 Å². The number of rotatable bonds is 6. The van der Waals surface area contributed by atoms with E-state index in [1.165, 1.54) is 6.07 Å². The zero-order valence-corrected chi connectivity index (χ0v) is 19.5. The number of aromatic nitrogens is 3. The number of carbonyl (C=O) groups is 1. The Morgan fingerprint density at radius 1 is 1.03 bits per heavy atom. The second-order valence-electron chi connectivity index (χ2n) is 8.15. The van der Waals surface area contributed by atoms with Gasteiger partial charge in [0.1, 0.15) is 17.0 Å². The van der Waals surface area contributed by atoms with Crippen LogP contribution in [0.2, 0.25) is 10.0 Å². The van der Waals surface area contributed by atoms with E-state index in [1.807, 2.05) is 6.92 Å². The molecule has 0 saturated heterocycles. The largest absolute Gasteiger partial charge is 0.400 e. The summed E-state index contributed by atoms with van der Waals surface area (Å²) in [6.45, 7) is 3.55. The minimum atomic E-state index is -4.63. The lowest BCUT2D eigenvalue weighted by Crippen LogP contribution is -2.39. The van der Waals surface area contributed by atoms with E-state index < -0.39 is 23.1 Å². The monoisotopic (exact) mass is 497 g/mol. The van der Waals surface area contributed by atoms with Crippen molar-refractivity contribution in [1.29, 1.82) is 0 Å². The Morgan fingerprint density at radius 2 is 1.70 bits per heavy atom. The van der Waals surface area contributed by atoms with E-state index >= 15 is 0 Å². The highest BCUT2D eigenvalue weighted by molar-refractivity contribution is 6.33. The Labute approximate surface area is 198 Å². The molecule has 10 heteroatoms. The fraction of sp³-hybridized carbons (Fsp3) is 0.304. The molecule has 1 heterocycles. The molecule has 0 saturated carbocycles. The molecule has 5 nitrogen and oxygen atoms in total. The molecule has 0 bridgehead atoms. The molecule has 1 N–H and O–H groups in total. The van der Waals surface area contributed by atoms with Crippen LogP contribution in [0.4, 0.5) is 13.2 Å². The van der Waals surface area contributed by atoms with E-state index in [0.717, 1.165) is 19.4 Å². The number of nitrogens with one attached hydrogen (secondary N) is 1. The van der Waals surface area contributed by atoms with Gasteiger partial charge in [0, 0.05) is 22.6 Å². The van der Waals surface area contributed by atoms with Gasteiger partial charge in [0.15, 0.2) is 5.82 Å². The quantitative estimate of drug-likeness (QED) is 0.439. The van der Waals surface area contributed by atoms with Crippen LogP contribution in [-0.4, -0.2) is 26.9 Å². The van der Waals surface area contributed by atoms with Crippen molar-refractivity contribution in [2.24, 2.45) is 5.41 Å². The molecule has 0 aliphatic carbocycles. The average molecular weight is 498 g/mol. The molecule has 174 valence electrons. The van der Waals surface area contributed by atoms with Gasteiger partial charge in [-0.2, -0.15) is 18.2 Å². The number of hydrogen-bond acceptors (Lipinski definition) is 4. The SMILES string of the molecule is Cc1cc(-c2nc(-c3cc(CCC(=O)C(C)(C)C(F)(F)F)ccc3Cl)[nH]c(=O)n2)ccc1Cl. The molecule has 0 aliphatic rings. The number of alkyl halides is 3. The second-order valence-corrected chi connectivity index (χ2v) is 8.96. The molecule has 2 aromatic carbocycles. The first-order chi connectivity index (χ1) is 15.3. The normalized spacial score (nSPS) is 12.1. The predicted molar refractivity (Wildman–Crippen MR) is 121 cm³/mol. The molecule has 0 spiro atoms. The maximum Gasteiger partial charge on any atom is 0.400 e. The third-order valence-electron chi connectivity index (χ3n) is 5.40. The Bertz CT molecular complexity index is 1270. The van der Waals surface area contributed by atoms with Crippen LogP contribution in [-0.2, 0) is 11.2 Å². The van der Waals surface area contributed by atoms with E-state index in [-0.39, 0.29) is 29.5 Å². The number of aryl methyl sites for hydroxylation is 2. The highest BCUT2D eigenvalue weighted by Crippen LogP contribution is 2.39. The number of H-pyrrole nitrogens is 1. The number of hydrogen-bond donors (Lipinski definition) is 1. The summed E-state index contributed by atoms with van der Waals surface area (Å²) >= 11 is 12.4. The van der Waals surface area contributed by atoms with Crippen LogP contribution in [0.5, 0.6) is 0 Å². The lowest BCUT2D eigenvalue weighted by atomic mass is 9.84. The zero-order chi connectivity index (χ0) is 24.6. The molecule has 3 aromatic rings. The van der Waals surface area contributed by atoms with Crippen molar-refractivity contribution < 1.29 is 18.0 Å². The van der Waals surface area contributed by atoms with Gasteiger partial charge in [-0.15, -0.1) is 0 Å². The predicted octanol–water partition coefficient (Wildman–Crippen LogP) is 6.20. The number of benzene rings is 2.